The van der Waals surface area contributed by atoms with Crippen molar-refractivity contribution in [2.75, 3.05) is 33.4 Å². The normalized spacial score (nSPS) is 14.0. The summed E-state index contributed by atoms with van der Waals surface area (Å²) in [6.45, 7) is 0.0396. The van der Waals surface area contributed by atoms with Gasteiger partial charge in [0.1, 0.15) is 12.3 Å². The minimum Gasteiger partial charge on any atom is -0.496 e. The van der Waals surface area contributed by atoms with Crippen molar-refractivity contribution in [1.82, 2.24) is 9.62 Å². The lowest BCUT2D eigenvalue weighted by atomic mass is 10.1. The second kappa shape index (κ2) is 10.4. The van der Waals surface area contributed by atoms with Gasteiger partial charge in [-0.1, -0.05) is 12.1 Å². The number of ketones is 1. The van der Waals surface area contributed by atoms with Gasteiger partial charge in [-0.3, -0.25) is 14.4 Å². The van der Waals surface area contributed by atoms with Crippen LogP contribution in [0.5, 0.6) is 5.75 Å². The molecule has 32 heavy (non-hydrogen) atoms. The summed E-state index contributed by atoms with van der Waals surface area (Å²) >= 11 is 0. The predicted molar refractivity (Wildman–Crippen MR) is 115 cm³/mol. The minimum absolute atomic E-state index is 0.118. The van der Waals surface area contributed by atoms with Crippen molar-refractivity contribution >= 4 is 27.7 Å². The van der Waals surface area contributed by atoms with E-state index in [4.69, 9.17) is 9.47 Å². The van der Waals surface area contributed by atoms with Crippen LogP contribution >= 0.6 is 0 Å². The number of amides is 1. The molecule has 1 aliphatic heterocycles. The molecule has 1 fully saturated rings. The van der Waals surface area contributed by atoms with Gasteiger partial charge < -0.3 is 14.8 Å². The average molecular weight is 461 g/mol. The monoisotopic (exact) mass is 460 g/mol. The van der Waals surface area contributed by atoms with Gasteiger partial charge in [0.2, 0.25) is 10.0 Å². The number of hydrogen-bond acceptors (Lipinski definition) is 7. The highest BCUT2D eigenvalue weighted by Crippen LogP contribution is 2.21. The topological polar surface area (TPSA) is 119 Å². The number of sulfonamides is 1. The summed E-state index contributed by atoms with van der Waals surface area (Å²) in [7, 11) is -2.13. The van der Waals surface area contributed by atoms with Gasteiger partial charge in [-0.05, 0) is 49.2 Å². The summed E-state index contributed by atoms with van der Waals surface area (Å²) < 4.78 is 36.5. The first-order chi connectivity index (χ1) is 15.3. The summed E-state index contributed by atoms with van der Waals surface area (Å²) in [5.74, 6) is -1.42. The van der Waals surface area contributed by atoms with Gasteiger partial charge in [0.15, 0.2) is 12.4 Å². The third-order valence-corrected chi connectivity index (χ3v) is 6.90. The molecular weight excluding hydrogens is 436 g/mol. The van der Waals surface area contributed by atoms with Crippen LogP contribution in [0.25, 0.3) is 0 Å². The molecular formula is C22H24N2O7S. The second-order valence-corrected chi connectivity index (χ2v) is 9.04. The number of ether oxygens (including phenoxy) is 2. The summed E-state index contributed by atoms with van der Waals surface area (Å²) in [6, 6.07) is 12.1. The summed E-state index contributed by atoms with van der Waals surface area (Å²) in [5.41, 5.74) is 0.485. The highest BCUT2D eigenvalue weighted by molar-refractivity contribution is 7.89. The van der Waals surface area contributed by atoms with Crippen LogP contribution in [0.1, 0.15) is 33.6 Å². The number of Topliss-reactive ketones (excluding diaryl/α,β-unsaturated/α-hetero) is 1. The molecule has 0 atom stereocenters. The highest BCUT2D eigenvalue weighted by atomic mass is 32.2. The Balaban J connectivity index is 1.49. The third-order valence-electron chi connectivity index (χ3n) is 4.99. The third kappa shape index (κ3) is 5.51. The number of benzene rings is 2. The van der Waals surface area contributed by atoms with E-state index in [1.165, 1.54) is 35.7 Å². The maximum absolute atomic E-state index is 12.5. The first kappa shape index (κ1) is 23.4. The molecule has 0 aliphatic carbocycles. The van der Waals surface area contributed by atoms with Crippen LogP contribution in [0.3, 0.4) is 0 Å². The maximum Gasteiger partial charge on any atom is 0.325 e. The molecule has 1 N–H and O–H groups in total. The Bertz CT molecular complexity index is 1090. The number of methoxy groups -OCH3 is 1. The Morgan fingerprint density at radius 2 is 1.66 bits per heavy atom. The van der Waals surface area contributed by atoms with Crippen molar-refractivity contribution in [2.45, 2.75) is 17.7 Å². The first-order valence-electron chi connectivity index (χ1n) is 10.0. The second-order valence-electron chi connectivity index (χ2n) is 7.10. The number of para-hydroxylation sites is 1. The average Bonchev–Trinajstić information content (AvgIpc) is 3.37. The van der Waals surface area contributed by atoms with E-state index in [0.29, 0.717) is 18.8 Å². The molecule has 0 bridgehead atoms. The van der Waals surface area contributed by atoms with Crippen LogP contribution in [0.4, 0.5) is 0 Å². The lowest BCUT2D eigenvalue weighted by molar-refractivity contribution is -0.141. The van der Waals surface area contributed by atoms with E-state index in [1.54, 1.807) is 24.3 Å². The zero-order chi connectivity index (χ0) is 23.1. The molecule has 0 spiro atoms. The molecule has 1 heterocycles. The number of esters is 1. The number of carbonyl (C=O) groups is 3. The van der Waals surface area contributed by atoms with Crippen molar-refractivity contribution in [3.63, 3.8) is 0 Å². The Morgan fingerprint density at radius 1 is 1.00 bits per heavy atom. The van der Waals surface area contributed by atoms with Gasteiger partial charge in [0.05, 0.1) is 17.6 Å². The minimum atomic E-state index is -3.56. The molecule has 2 aromatic rings. The van der Waals surface area contributed by atoms with Crippen LogP contribution in [-0.4, -0.2) is 63.7 Å². The number of nitrogens with one attached hydrogen (secondary N) is 1. The number of carbonyl (C=O) groups excluding carboxylic acids is 3. The highest BCUT2D eigenvalue weighted by Gasteiger charge is 2.27. The van der Waals surface area contributed by atoms with Crippen molar-refractivity contribution in [1.29, 1.82) is 0 Å². The van der Waals surface area contributed by atoms with Gasteiger partial charge >= 0.3 is 5.97 Å². The van der Waals surface area contributed by atoms with E-state index in [-0.39, 0.29) is 16.0 Å². The molecule has 2 aromatic carbocycles. The fourth-order valence-corrected chi connectivity index (χ4v) is 4.77. The SMILES string of the molecule is COc1ccccc1C(=O)NCC(=O)OCC(=O)c1ccc(S(=O)(=O)N2CCCC2)cc1. The Labute approximate surface area is 186 Å². The van der Waals surface area contributed by atoms with Crippen molar-refractivity contribution < 1.29 is 32.3 Å². The van der Waals surface area contributed by atoms with Gasteiger partial charge in [0.25, 0.3) is 5.91 Å². The van der Waals surface area contributed by atoms with E-state index in [0.717, 1.165) is 12.8 Å². The zero-order valence-electron chi connectivity index (χ0n) is 17.6. The fourth-order valence-electron chi connectivity index (χ4n) is 3.25. The van der Waals surface area contributed by atoms with Gasteiger partial charge in [-0.25, -0.2) is 8.42 Å². The molecule has 1 amide bonds. The molecule has 0 aromatic heterocycles. The fraction of sp³-hybridized carbons (Fsp3) is 0.318. The lowest BCUT2D eigenvalue weighted by Crippen LogP contribution is -2.31. The molecule has 0 saturated carbocycles. The molecule has 9 nitrogen and oxygen atoms in total. The van der Waals surface area contributed by atoms with E-state index in [9.17, 15) is 22.8 Å². The number of rotatable bonds is 9. The molecule has 1 saturated heterocycles. The predicted octanol–water partition coefficient (Wildman–Crippen LogP) is 1.64. The van der Waals surface area contributed by atoms with Crippen LogP contribution in [-0.2, 0) is 19.6 Å². The molecule has 3 rings (SSSR count). The van der Waals surface area contributed by atoms with Crippen molar-refractivity contribution in [3.8, 4) is 5.75 Å². The lowest BCUT2D eigenvalue weighted by Gasteiger charge is -2.15. The van der Waals surface area contributed by atoms with Crippen LogP contribution in [0, 0.1) is 0 Å². The van der Waals surface area contributed by atoms with Gasteiger partial charge in [-0.2, -0.15) is 4.31 Å². The quantitative estimate of drug-likeness (QED) is 0.446. The summed E-state index contributed by atoms with van der Waals surface area (Å²) in [6.07, 6.45) is 1.67. The van der Waals surface area contributed by atoms with Crippen molar-refractivity contribution in [3.05, 3.63) is 59.7 Å². The molecule has 0 radical (unpaired) electrons. The van der Waals surface area contributed by atoms with Crippen LogP contribution < -0.4 is 10.1 Å². The standard InChI is InChI=1S/C22H24N2O7S/c1-30-20-7-3-2-6-18(20)22(27)23-14-21(26)31-15-19(25)16-8-10-17(11-9-16)32(28,29)24-12-4-5-13-24/h2-3,6-11H,4-5,12-15H2,1H3,(H,23,27). The molecule has 10 heteroatoms. The number of hydrogen-bond donors (Lipinski definition) is 1. The van der Waals surface area contributed by atoms with Crippen LogP contribution in [0.2, 0.25) is 0 Å². The van der Waals surface area contributed by atoms with Crippen molar-refractivity contribution in [2.24, 2.45) is 0 Å². The zero-order valence-corrected chi connectivity index (χ0v) is 18.4. The maximum atomic E-state index is 12.5. The van der Waals surface area contributed by atoms with E-state index < -0.39 is 40.8 Å². The largest absolute Gasteiger partial charge is 0.496 e. The molecule has 170 valence electrons. The van der Waals surface area contributed by atoms with Crippen LogP contribution in [0.15, 0.2) is 53.4 Å². The van der Waals surface area contributed by atoms with E-state index in [1.807, 2.05) is 0 Å². The van der Waals surface area contributed by atoms with E-state index in [2.05, 4.69) is 5.32 Å². The summed E-state index contributed by atoms with van der Waals surface area (Å²) in [4.78, 5) is 36.5. The Hall–Kier alpha value is -3.24. The Morgan fingerprint density at radius 3 is 2.31 bits per heavy atom. The summed E-state index contributed by atoms with van der Waals surface area (Å²) in [5, 5.41) is 2.41. The van der Waals surface area contributed by atoms with Gasteiger partial charge in [-0.15, -0.1) is 0 Å². The van der Waals surface area contributed by atoms with Gasteiger partial charge in [0, 0.05) is 18.7 Å². The number of nitrogens with zero attached hydrogens (tertiary/aromatic N) is 1. The first-order valence-corrected chi connectivity index (χ1v) is 11.5. The smallest absolute Gasteiger partial charge is 0.325 e. The van der Waals surface area contributed by atoms with E-state index >= 15 is 0 Å². The molecule has 1 aliphatic rings. The molecule has 0 unspecified atom stereocenters. The Kier molecular flexibility index (Phi) is 7.60.